The van der Waals surface area contributed by atoms with E-state index in [0.717, 1.165) is 66.5 Å². The summed E-state index contributed by atoms with van der Waals surface area (Å²) in [5.41, 5.74) is 11.3. The Morgan fingerprint density at radius 3 is 1.60 bits per heavy atom. The molecule has 5 nitrogen and oxygen atoms in total. The molecule has 7 aromatic carbocycles. The third kappa shape index (κ3) is 4.38. The van der Waals surface area contributed by atoms with Gasteiger partial charge in [-0.3, -0.25) is 0 Å². The summed E-state index contributed by atoms with van der Waals surface area (Å²) >= 11 is 0. The zero-order valence-electron chi connectivity index (χ0n) is 26.7. The standard InChI is InChI=1S/C45H25N5/c46-26-29-16-20-44(50-43-15-6-3-12-37(43)40-23-30(27-47)17-21-45(40)50)39(22-29)32-9-7-8-31(24-32)38-25-34(19-18-33(38)28-48)49-41-13-4-1-10-35(41)36-11-2-5-14-42(36)49/h1-25H. The topological polar surface area (TPSA) is 81.2 Å². The Labute approximate surface area is 287 Å². The lowest BCUT2D eigenvalue weighted by Gasteiger charge is -2.16. The molecule has 5 heteroatoms. The summed E-state index contributed by atoms with van der Waals surface area (Å²) in [6.07, 6.45) is 0. The van der Waals surface area contributed by atoms with Crippen LogP contribution in [0.3, 0.4) is 0 Å². The van der Waals surface area contributed by atoms with Crippen molar-refractivity contribution in [2.75, 3.05) is 0 Å². The fourth-order valence-corrected chi connectivity index (χ4v) is 7.40. The van der Waals surface area contributed by atoms with Gasteiger partial charge in [0.1, 0.15) is 0 Å². The highest BCUT2D eigenvalue weighted by Gasteiger charge is 2.18. The van der Waals surface area contributed by atoms with Crippen LogP contribution < -0.4 is 0 Å². The maximum atomic E-state index is 10.3. The van der Waals surface area contributed by atoms with Gasteiger partial charge in [0.15, 0.2) is 0 Å². The molecule has 9 rings (SSSR count). The summed E-state index contributed by atoms with van der Waals surface area (Å²) in [6, 6.07) is 57.7. The van der Waals surface area contributed by atoms with Crippen molar-refractivity contribution in [1.29, 1.82) is 15.8 Å². The minimum atomic E-state index is 0.549. The number of para-hydroxylation sites is 3. The molecule has 0 saturated carbocycles. The number of hydrogen-bond donors (Lipinski definition) is 0. The van der Waals surface area contributed by atoms with E-state index < -0.39 is 0 Å². The Morgan fingerprint density at radius 1 is 0.380 bits per heavy atom. The van der Waals surface area contributed by atoms with Crippen LogP contribution in [0.15, 0.2) is 152 Å². The van der Waals surface area contributed by atoms with Gasteiger partial charge < -0.3 is 9.13 Å². The predicted molar refractivity (Wildman–Crippen MR) is 200 cm³/mol. The summed E-state index contributed by atoms with van der Waals surface area (Å²) in [5, 5.41) is 34.3. The maximum Gasteiger partial charge on any atom is 0.0998 e. The zero-order valence-corrected chi connectivity index (χ0v) is 26.7. The SMILES string of the molecule is N#Cc1ccc(-n2c3ccccc3c3cc(C#N)ccc32)c(-c2cccc(-c3cc(-n4c5ccccc5c5ccccc54)ccc3C#N)c2)c1. The number of fused-ring (bicyclic) bond motifs is 6. The van der Waals surface area contributed by atoms with E-state index in [0.29, 0.717) is 16.7 Å². The van der Waals surface area contributed by atoms with Crippen LogP contribution in [0.1, 0.15) is 16.7 Å². The Balaban J connectivity index is 1.26. The number of aromatic nitrogens is 2. The van der Waals surface area contributed by atoms with Gasteiger partial charge in [-0.25, -0.2) is 0 Å². The fraction of sp³-hybridized carbons (Fsp3) is 0. The Hall–Kier alpha value is -7.39. The lowest BCUT2D eigenvalue weighted by Crippen LogP contribution is -1.99. The average molecular weight is 636 g/mol. The first-order chi connectivity index (χ1) is 24.7. The third-order valence-corrected chi connectivity index (χ3v) is 9.61. The van der Waals surface area contributed by atoms with Crippen LogP contribution in [0, 0.1) is 34.0 Å². The van der Waals surface area contributed by atoms with E-state index in [1.807, 2.05) is 78.9 Å². The number of nitrogens with zero attached hydrogens (tertiary/aromatic N) is 5. The third-order valence-electron chi connectivity index (χ3n) is 9.61. The van der Waals surface area contributed by atoms with Crippen molar-refractivity contribution >= 4 is 43.6 Å². The van der Waals surface area contributed by atoms with E-state index >= 15 is 0 Å². The normalized spacial score (nSPS) is 11.1. The van der Waals surface area contributed by atoms with Crippen molar-refractivity contribution < 1.29 is 0 Å². The molecule has 0 aliphatic rings. The van der Waals surface area contributed by atoms with Crippen molar-refractivity contribution in [2.45, 2.75) is 0 Å². The van der Waals surface area contributed by atoms with E-state index in [2.05, 4.69) is 100 Å². The first-order valence-corrected chi connectivity index (χ1v) is 16.3. The molecule has 0 bridgehead atoms. The second kappa shape index (κ2) is 11.4. The molecule has 0 fully saturated rings. The van der Waals surface area contributed by atoms with E-state index in [-0.39, 0.29) is 0 Å². The zero-order chi connectivity index (χ0) is 33.8. The van der Waals surface area contributed by atoms with Gasteiger partial charge in [0.25, 0.3) is 0 Å². The first-order valence-electron chi connectivity index (χ1n) is 16.3. The largest absolute Gasteiger partial charge is 0.309 e. The van der Waals surface area contributed by atoms with E-state index in [1.54, 1.807) is 0 Å². The molecule has 0 radical (unpaired) electrons. The summed E-state index contributed by atoms with van der Waals surface area (Å²) < 4.78 is 4.46. The minimum absolute atomic E-state index is 0.549. The first kappa shape index (κ1) is 28.8. The van der Waals surface area contributed by atoms with Gasteiger partial charge in [-0.15, -0.1) is 0 Å². The molecule has 230 valence electrons. The van der Waals surface area contributed by atoms with E-state index in [9.17, 15) is 15.8 Å². The van der Waals surface area contributed by atoms with Crippen molar-refractivity contribution in [2.24, 2.45) is 0 Å². The highest BCUT2D eigenvalue weighted by atomic mass is 15.0. The van der Waals surface area contributed by atoms with Crippen LogP contribution in [0.25, 0.3) is 77.2 Å². The van der Waals surface area contributed by atoms with Crippen LogP contribution in [-0.4, -0.2) is 9.13 Å². The predicted octanol–water partition coefficient (Wildman–Crippen LogP) is 10.8. The molecule has 0 aliphatic heterocycles. The van der Waals surface area contributed by atoms with Crippen LogP contribution >= 0.6 is 0 Å². The van der Waals surface area contributed by atoms with Gasteiger partial charge in [-0.05, 0) is 90.0 Å². The van der Waals surface area contributed by atoms with Crippen LogP contribution in [0.2, 0.25) is 0 Å². The van der Waals surface area contributed by atoms with Gasteiger partial charge in [0.05, 0.1) is 62.7 Å². The lowest BCUT2D eigenvalue weighted by molar-refractivity contribution is 1.18. The van der Waals surface area contributed by atoms with Gasteiger partial charge in [-0.2, -0.15) is 15.8 Å². The van der Waals surface area contributed by atoms with Crippen LogP contribution in [-0.2, 0) is 0 Å². The summed E-state index contributed by atoms with van der Waals surface area (Å²) in [6.45, 7) is 0. The van der Waals surface area contributed by atoms with Crippen LogP contribution in [0.5, 0.6) is 0 Å². The molecule has 2 aromatic heterocycles. The molecule has 0 aliphatic carbocycles. The molecule has 50 heavy (non-hydrogen) atoms. The highest BCUT2D eigenvalue weighted by molar-refractivity contribution is 6.11. The summed E-state index contributed by atoms with van der Waals surface area (Å²) in [5.74, 6) is 0. The van der Waals surface area contributed by atoms with Gasteiger partial charge in [0.2, 0.25) is 0 Å². The Kier molecular flexibility index (Phi) is 6.56. The van der Waals surface area contributed by atoms with Gasteiger partial charge in [0, 0.05) is 38.4 Å². The maximum absolute atomic E-state index is 10.3. The van der Waals surface area contributed by atoms with Crippen molar-refractivity contribution in [3.63, 3.8) is 0 Å². The van der Waals surface area contributed by atoms with Crippen molar-refractivity contribution in [3.8, 4) is 51.8 Å². The van der Waals surface area contributed by atoms with Crippen molar-refractivity contribution in [3.05, 3.63) is 168 Å². The fourth-order valence-electron chi connectivity index (χ4n) is 7.40. The summed E-state index contributed by atoms with van der Waals surface area (Å²) in [4.78, 5) is 0. The van der Waals surface area contributed by atoms with Crippen LogP contribution in [0.4, 0.5) is 0 Å². The quantitative estimate of drug-likeness (QED) is 0.193. The number of benzene rings is 7. The monoisotopic (exact) mass is 635 g/mol. The molecule has 9 aromatic rings. The lowest BCUT2D eigenvalue weighted by atomic mass is 9.94. The Bertz CT molecular complexity index is 2920. The van der Waals surface area contributed by atoms with Gasteiger partial charge in [-0.1, -0.05) is 72.8 Å². The second-order valence-electron chi connectivity index (χ2n) is 12.3. The van der Waals surface area contributed by atoms with Gasteiger partial charge >= 0.3 is 0 Å². The number of rotatable bonds is 4. The smallest absolute Gasteiger partial charge is 0.0998 e. The second-order valence-corrected chi connectivity index (χ2v) is 12.3. The molecule has 0 saturated heterocycles. The molecule has 0 N–H and O–H groups in total. The molecule has 0 unspecified atom stereocenters. The van der Waals surface area contributed by atoms with E-state index in [4.69, 9.17) is 0 Å². The molecular weight excluding hydrogens is 611 g/mol. The Morgan fingerprint density at radius 2 is 0.940 bits per heavy atom. The molecular formula is C45H25N5. The summed E-state index contributed by atoms with van der Waals surface area (Å²) in [7, 11) is 0. The molecule has 2 heterocycles. The number of hydrogen-bond acceptors (Lipinski definition) is 3. The van der Waals surface area contributed by atoms with Crippen molar-refractivity contribution in [1.82, 2.24) is 9.13 Å². The average Bonchev–Trinajstić information content (AvgIpc) is 3.70. The molecule has 0 atom stereocenters. The minimum Gasteiger partial charge on any atom is -0.309 e. The molecule has 0 amide bonds. The molecule has 0 spiro atoms. The number of nitriles is 3. The highest BCUT2D eigenvalue weighted by Crippen LogP contribution is 2.39. The van der Waals surface area contributed by atoms with E-state index in [1.165, 1.54) is 10.8 Å².